The lowest BCUT2D eigenvalue weighted by Crippen LogP contribution is -2.17. The van der Waals surface area contributed by atoms with E-state index in [9.17, 15) is 8.60 Å². The molecule has 0 aromatic heterocycles. The van der Waals surface area contributed by atoms with Crippen molar-refractivity contribution >= 4 is 39.6 Å². The Morgan fingerprint density at radius 3 is 3.00 bits per heavy atom. The molecule has 20 heavy (non-hydrogen) atoms. The zero-order valence-electron chi connectivity index (χ0n) is 10.8. The van der Waals surface area contributed by atoms with Gasteiger partial charge in [-0.25, -0.2) is 9.38 Å². The predicted molar refractivity (Wildman–Crippen MR) is 82.4 cm³/mol. The molecule has 2 rings (SSSR count). The molecule has 0 fully saturated rings. The van der Waals surface area contributed by atoms with Gasteiger partial charge in [0.15, 0.2) is 0 Å². The topological polar surface area (TPSA) is 53.8 Å². The van der Waals surface area contributed by atoms with Gasteiger partial charge >= 0.3 is 0 Å². The number of hydrogen-bond acceptors (Lipinski definition) is 3. The van der Waals surface area contributed by atoms with Crippen molar-refractivity contribution in [1.82, 2.24) is 0 Å². The molecule has 0 amide bonds. The third-order valence-corrected chi connectivity index (χ3v) is 4.30. The molecule has 7 heteroatoms. The van der Waals surface area contributed by atoms with E-state index in [0.29, 0.717) is 34.3 Å². The Balaban J connectivity index is 2.33. The summed E-state index contributed by atoms with van der Waals surface area (Å²) in [5.41, 5.74) is 2.33. The molecule has 0 spiro atoms. The second-order valence-electron chi connectivity index (χ2n) is 4.01. The molecule has 1 aromatic rings. The van der Waals surface area contributed by atoms with Crippen molar-refractivity contribution in [3.8, 4) is 0 Å². The van der Waals surface area contributed by atoms with Gasteiger partial charge in [-0.05, 0) is 18.2 Å². The van der Waals surface area contributed by atoms with Gasteiger partial charge in [0, 0.05) is 24.9 Å². The van der Waals surface area contributed by atoms with Crippen molar-refractivity contribution in [1.29, 1.82) is 0 Å². The summed E-state index contributed by atoms with van der Waals surface area (Å²) in [4.78, 5) is 8.63. The minimum atomic E-state index is -1.18. The number of rotatable bonds is 3. The maximum absolute atomic E-state index is 13.2. The molecular weight excluding hydrogens is 301 g/mol. The number of aliphatic imine (C=N–C) groups is 2. The summed E-state index contributed by atoms with van der Waals surface area (Å²) in [6.07, 6.45) is 0.578. The molecule has 0 aliphatic carbocycles. The van der Waals surface area contributed by atoms with Crippen molar-refractivity contribution in [3.05, 3.63) is 40.7 Å². The molecule has 1 aliphatic heterocycles. The summed E-state index contributed by atoms with van der Waals surface area (Å²) in [5, 5.41) is 2.97. The predicted octanol–water partition coefficient (Wildman–Crippen LogP) is 2.90. The van der Waals surface area contributed by atoms with Crippen molar-refractivity contribution in [2.24, 2.45) is 9.98 Å². The third-order valence-electron chi connectivity index (χ3n) is 2.74. The van der Waals surface area contributed by atoms with Crippen LogP contribution in [-0.4, -0.2) is 28.5 Å². The van der Waals surface area contributed by atoms with Crippen LogP contribution < -0.4 is 5.32 Å². The van der Waals surface area contributed by atoms with Crippen LogP contribution in [-0.2, 0) is 10.8 Å². The van der Waals surface area contributed by atoms with Crippen LogP contribution in [0.4, 0.5) is 10.1 Å². The van der Waals surface area contributed by atoms with E-state index < -0.39 is 10.8 Å². The van der Waals surface area contributed by atoms with Gasteiger partial charge in [0.05, 0.1) is 22.2 Å². The Kier molecular flexibility index (Phi) is 5.03. The van der Waals surface area contributed by atoms with Crippen molar-refractivity contribution in [2.45, 2.75) is 6.42 Å². The van der Waals surface area contributed by atoms with Gasteiger partial charge in [-0.1, -0.05) is 17.7 Å². The SMILES string of the molecule is CN=C(Nc1cccc(F)c1)C1=C(N=CCl)CCS1=O. The Bertz CT molecular complexity index is 628. The molecule has 1 atom stereocenters. The van der Waals surface area contributed by atoms with Crippen LogP contribution in [0.25, 0.3) is 0 Å². The molecule has 1 N–H and O–H groups in total. The highest BCUT2D eigenvalue weighted by molar-refractivity contribution is 7.90. The number of amidine groups is 1. The van der Waals surface area contributed by atoms with Crippen LogP contribution in [0.2, 0.25) is 0 Å². The van der Waals surface area contributed by atoms with E-state index in [-0.39, 0.29) is 5.82 Å². The smallest absolute Gasteiger partial charge is 0.143 e. The van der Waals surface area contributed by atoms with Crippen LogP contribution in [0.3, 0.4) is 0 Å². The number of anilines is 1. The number of nitrogens with zero attached hydrogens (tertiary/aromatic N) is 2. The summed E-state index contributed by atoms with van der Waals surface area (Å²) < 4.78 is 25.2. The quantitative estimate of drug-likeness (QED) is 0.689. The highest BCUT2D eigenvalue weighted by atomic mass is 35.5. The summed E-state index contributed by atoms with van der Waals surface area (Å²) in [7, 11) is 0.395. The first-order chi connectivity index (χ1) is 9.65. The number of nitrogens with one attached hydrogen (secondary N) is 1. The van der Waals surface area contributed by atoms with E-state index in [0.717, 1.165) is 5.67 Å². The zero-order chi connectivity index (χ0) is 14.5. The first-order valence-corrected chi connectivity index (χ1v) is 7.65. The summed E-state index contributed by atoms with van der Waals surface area (Å²) in [5.74, 6) is 0.553. The Labute approximate surface area is 123 Å². The second kappa shape index (κ2) is 6.76. The third kappa shape index (κ3) is 3.32. The van der Waals surface area contributed by atoms with Gasteiger partial charge in [-0.3, -0.25) is 9.20 Å². The van der Waals surface area contributed by atoms with E-state index in [4.69, 9.17) is 11.6 Å². The monoisotopic (exact) mass is 313 g/mol. The maximum atomic E-state index is 13.2. The van der Waals surface area contributed by atoms with Gasteiger partial charge in [-0.2, -0.15) is 0 Å². The van der Waals surface area contributed by atoms with Gasteiger partial charge in [0.1, 0.15) is 16.6 Å². The van der Waals surface area contributed by atoms with Gasteiger partial charge in [-0.15, -0.1) is 0 Å². The lowest BCUT2D eigenvalue weighted by atomic mass is 10.3. The molecule has 0 saturated heterocycles. The van der Waals surface area contributed by atoms with Crippen molar-refractivity contribution < 1.29 is 8.60 Å². The summed E-state index contributed by atoms with van der Waals surface area (Å²) in [6, 6.07) is 5.98. The van der Waals surface area contributed by atoms with E-state index in [2.05, 4.69) is 15.3 Å². The number of halogens is 2. The van der Waals surface area contributed by atoms with E-state index >= 15 is 0 Å². The molecule has 1 unspecified atom stereocenters. The van der Waals surface area contributed by atoms with Gasteiger partial charge < -0.3 is 5.32 Å². The standard InChI is InChI=1S/C13H13ClFN3OS/c1-16-13(18-10-4-2-3-9(15)7-10)12-11(17-8-14)5-6-20(12)19/h2-4,7-8H,5-6H2,1H3,(H,16,18). The van der Waals surface area contributed by atoms with Crippen molar-refractivity contribution in [3.63, 3.8) is 0 Å². The number of allylic oxidation sites excluding steroid dienone is 1. The fourth-order valence-corrected chi connectivity index (χ4v) is 3.36. The first kappa shape index (κ1) is 14.9. The average Bonchev–Trinajstić information content (AvgIpc) is 2.78. The highest BCUT2D eigenvalue weighted by Gasteiger charge is 2.26. The molecule has 106 valence electrons. The Hall–Kier alpha value is -1.53. The molecule has 0 bridgehead atoms. The fourth-order valence-electron chi connectivity index (χ4n) is 1.88. The molecule has 0 radical (unpaired) electrons. The minimum Gasteiger partial charge on any atom is -0.339 e. The van der Waals surface area contributed by atoms with Gasteiger partial charge in [0.25, 0.3) is 0 Å². The largest absolute Gasteiger partial charge is 0.339 e. The summed E-state index contributed by atoms with van der Waals surface area (Å²) >= 11 is 5.49. The Morgan fingerprint density at radius 2 is 2.35 bits per heavy atom. The average molecular weight is 314 g/mol. The van der Waals surface area contributed by atoms with Crippen LogP contribution in [0, 0.1) is 5.82 Å². The molecule has 0 saturated carbocycles. The number of benzene rings is 1. The Morgan fingerprint density at radius 1 is 1.55 bits per heavy atom. The van der Waals surface area contributed by atoms with E-state index in [1.165, 1.54) is 12.1 Å². The second-order valence-corrected chi connectivity index (χ2v) is 5.71. The maximum Gasteiger partial charge on any atom is 0.143 e. The normalized spacial score (nSPS) is 19.9. The van der Waals surface area contributed by atoms with Gasteiger partial charge in [0.2, 0.25) is 0 Å². The van der Waals surface area contributed by atoms with Crippen molar-refractivity contribution in [2.75, 3.05) is 18.1 Å². The van der Waals surface area contributed by atoms with E-state index in [1.54, 1.807) is 19.2 Å². The van der Waals surface area contributed by atoms with Crippen LogP contribution >= 0.6 is 11.6 Å². The molecular formula is C13H13ClFN3OS. The first-order valence-electron chi connectivity index (χ1n) is 5.89. The van der Waals surface area contributed by atoms with Crippen LogP contribution in [0.5, 0.6) is 0 Å². The molecule has 1 heterocycles. The lowest BCUT2D eigenvalue weighted by molar-refractivity contribution is 0.628. The molecule has 1 aromatic carbocycles. The van der Waals surface area contributed by atoms with Crippen LogP contribution in [0.15, 0.2) is 44.9 Å². The number of hydrogen-bond donors (Lipinski definition) is 1. The fraction of sp³-hybridized carbons (Fsp3) is 0.231. The summed E-state index contributed by atoms with van der Waals surface area (Å²) in [6.45, 7) is 0. The minimum absolute atomic E-state index is 0.356. The molecule has 4 nitrogen and oxygen atoms in total. The lowest BCUT2D eigenvalue weighted by Gasteiger charge is -2.10. The molecule has 1 aliphatic rings. The van der Waals surface area contributed by atoms with Crippen LogP contribution in [0.1, 0.15) is 6.42 Å². The highest BCUT2D eigenvalue weighted by Crippen LogP contribution is 2.25. The zero-order valence-corrected chi connectivity index (χ0v) is 12.3. The van der Waals surface area contributed by atoms with E-state index in [1.807, 2.05) is 0 Å².